The summed E-state index contributed by atoms with van der Waals surface area (Å²) in [5, 5.41) is 13.5. The molecule has 0 radical (unpaired) electrons. The van der Waals surface area contributed by atoms with Crippen LogP contribution in [0, 0.1) is 5.92 Å². The third-order valence-corrected chi connectivity index (χ3v) is 5.38. The van der Waals surface area contributed by atoms with Crippen molar-refractivity contribution in [2.24, 2.45) is 5.92 Å². The van der Waals surface area contributed by atoms with E-state index in [1.807, 2.05) is 25.3 Å². The van der Waals surface area contributed by atoms with Gasteiger partial charge in [0.1, 0.15) is 11.7 Å². The molecular weight excluding hydrogens is 390 g/mol. The molecule has 3 N–H and O–H groups in total. The number of hydrogen-bond donors (Lipinski definition) is 3. The van der Waals surface area contributed by atoms with Crippen LogP contribution in [0.4, 0.5) is 14.6 Å². The SMILES string of the molecule is CC1=CC(c2ccn[nH]2)NC=C1c1cnc2cc(NC(=O)C3CC3(F)F)ncc2c1. The van der Waals surface area contributed by atoms with Crippen LogP contribution in [-0.4, -0.2) is 32.0 Å². The number of aromatic amines is 1. The molecule has 2 unspecified atom stereocenters. The lowest BCUT2D eigenvalue weighted by atomic mass is 9.95. The predicted octanol–water partition coefficient (Wildman–Crippen LogP) is 3.58. The molecule has 3 aromatic rings. The fourth-order valence-electron chi connectivity index (χ4n) is 3.55. The van der Waals surface area contributed by atoms with Gasteiger partial charge < -0.3 is 10.6 Å². The summed E-state index contributed by atoms with van der Waals surface area (Å²) in [4.78, 5) is 20.5. The molecule has 3 aromatic heterocycles. The van der Waals surface area contributed by atoms with Gasteiger partial charge in [0, 0.05) is 53.8 Å². The van der Waals surface area contributed by atoms with Crippen LogP contribution in [-0.2, 0) is 4.79 Å². The third kappa shape index (κ3) is 3.32. The number of rotatable bonds is 4. The summed E-state index contributed by atoms with van der Waals surface area (Å²) in [6, 6.07) is 5.49. The van der Waals surface area contributed by atoms with Gasteiger partial charge >= 0.3 is 0 Å². The van der Waals surface area contributed by atoms with Gasteiger partial charge in [0.05, 0.1) is 17.3 Å². The molecule has 2 atom stereocenters. The van der Waals surface area contributed by atoms with Crippen molar-refractivity contribution in [1.82, 2.24) is 25.5 Å². The van der Waals surface area contributed by atoms with Gasteiger partial charge in [-0.05, 0) is 24.6 Å². The first-order chi connectivity index (χ1) is 14.4. The number of anilines is 1. The number of allylic oxidation sites excluding steroid dienone is 2. The molecule has 5 rings (SSSR count). The zero-order chi connectivity index (χ0) is 20.9. The highest BCUT2D eigenvalue weighted by Crippen LogP contribution is 2.49. The Kier molecular flexibility index (Phi) is 4.12. The lowest BCUT2D eigenvalue weighted by Crippen LogP contribution is -2.18. The number of carbonyl (C=O) groups excluding carboxylic acids is 1. The molecule has 7 nitrogen and oxygen atoms in total. The predicted molar refractivity (Wildman–Crippen MR) is 107 cm³/mol. The first-order valence-corrected chi connectivity index (χ1v) is 9.50. The minimum Gasteiger partial charge on any atom is -0.379 e. The van der Waals surface area contributed by atoms with Crippen molar-refractivity contribution >= 4 is 28.2 Å². The summed E-state index contributed by atoms with van der Waals surface area (Å²) in [6.07, 6.45) is 8.68. The monoisotopic (exact) mass is 408 g/mol. The molecule has 30 heavy (non-hydrogen) atoms. The number of halogens is 2. The zero-order valence-electron chi connectivity index (χ0n) is 16.0. The summed E-state index contributed by atoms with van der Waals surface area (Å²) in [7, 11) is 0. The lowest BCUT2D eigenvalue weighted by molar-refractivity contribution is -0.119. The summed E-state index contributed by atoms with van der Waals surface area (Å²) in [5.41, 5.74) is 4.62. The molecule has 0 bridgehead atoms. The Morgan fingerprint density at radius 2 is 2.10 bits per heavy atom. The average Bonchev–Trinajstić information content (AvgIpc) is 3.12. The maximum Gasteiger partial charge on any atom is 0.260 e. The van der Waals surface area contributed by atoms with E-state index in [0.29, 0.717) is 5.52 Å². The van der Waals surface area contributed by atoms with Gasteiger partial charge in [-0.15, -0.1) is 0 Å². The minimum atomic E-state index is -2.91. The van der Waals surface area contributed by atoms with Gasteiger partial charge in [0.2, 0.25) is 5.91 Å². The number of nitrogens with one attached hydrogen (secondary N) is 3. The minimum absolute atomic E-state index is 0.0244. The summed E-state index contributed by atoms with van der Waals surface area (Å²) >= 11 is 0. The number of H-pyrrole nitrogens is 1. The first kappa shape index (κ1) is 18.4. The van der Waals surface area contributed by atoms with E-state index in [1.165, 1.54) is 0 Å². The van der Waals surface area contributed by atoms with Gasteiger partial charge in [0.15, 0.2) is 0 Å². The Labute approximate surface area is 170 Å². The summed E-state index contributed by atoms with van der Waals surface area (Å²) in [6.45, 7) is 2.03. The molecule has 0 aromatic carbocycles. The number of alkyl halides is 2. The van der Waals surface area contributed by atoms with Gasteiger partial charge in [-0.1, -0.05) is 6.08 Å². The van der Waals surface area contributed by atoms with Crippen LogP contribution in [0.25, 0.3) is 16.5 Å². The van der Waals surface area contributed by atoms with Crippen LogP contribution in [0.5, 0.6) is 0 Å². The normalized spacial score (nSPS) is 22.1. The standard InChI is InChI=1S/C21H18F2N6O/c1-11-4-18(16-2-3-27-29-16)25-10-14(11)12-5-13-9-26-19(6-17(13)24-8-12)28-20(30)15-7-21(15,22)23/h2-6,8-10,15,18,25H,7H2,1H3,(H,27,29)(H,26,28,30). The first-order valence-electron chi connectivity index (χ1n) is 9.50. The largest absolute Gasteiger partial charge is 0.379 e. The molecule has 0 saturated heterocycles. The Balaban J connectivity index is 1.35. The van der Waals surface area contributed by atoms with Crippen molar-refractivity contribution in [1.29, 1.82) is 0 Å². The molecule has 1 amide bonds. The van der Waals surface area contributed by atoms with Gasteiger partial charge in [0.25, 0.3) is 5.92 Å². The number of hydrogen-bond acceptors (Lipinski definition) is 5. The zero-order valence-corrected chi connectivity index (χ0v) is 16.0. The molecule has 0 spiro atoms. The molecule has 1 aliphatic heterocycles. The highest BCUT2D eigenvalue weighted by atomic mass is 19.3. The van der Waals surface area contributed by atoms with Crippen molar-refractivity contribution in [3.63, 3.8) is 0 Å². The average molecular weight is 408 g/mol. The van der Waals surface area contributed by atoms with Crippen molar-refractivity contribution in [3.8, 4) is 0 Å². The number of dihydropyridines is 1. The number of fused-ring (bicyclic) bond motifs is 1. The second-order valence-electron chi connectivity index (χ2n) is 7.56. The number of aromatic nitrogens is 4. The lowest BCUT2D eigenvalue weighted by Gasteiger charge is -2.21. The van der Waals surface area contributed by atoms with Crippen molar-refractivity contribution < 1.29 is 13.6 Å². The maximum atomic E-state index is 13.0. The smallest absolute Gasteiger partial charge is 0.260 e. The van der Waals surface area contributed by atoms with Gasteiger partial charge in [-0.3, -0.25) is 14.9 Å². The molecule has 9 heteroatoms. The van der Waals surface area contributed by atoms with Crippen LogP contribution in [0.3, 0.4) is 0 Å². The van der Waals surface area contributed by atoms with Gasteiger partial charge in [-0.25, -0.2) is 13.8 Å². The van der Waals surface area contributed by atoms with Crippen molar-refractivity contribution in [2.45, 2.75) is 25.3 Å². The molecule has 1 saturated carbocycles. The quantitative estimate of drug-likeness (QED) is 0.613. The topological polar surface area (TPSA) is 95.6 Å². The maximum absolute atomic E-state index is 13.0. The second kappa shape index (κ2) is 6.72. The highest BCUT2D eigenvalue weighted by Gasteiger charge is 2.61. The van der Waals surface area contributed by atoms with E-state index in [0.717, 1.165) is 27.8 Å². The Morgan fingerprint density at radius 1 is 1.27 bits per heavy atom. The molecule has 152 valence electrons. The van der Waals surface area contributed by atoms with Crippen molar-refractivity contribution in [3.05, 3.63) is 65.9 Å². The Hall–Kier alpha value is -3.62. The summed E-state index contributed by atoms with van der Waals surface area (Å²) < 4.78 is 26.1. The van der Waals surface area contributed by atoms with Crippen LogP contribution in [0.15, 0.2) is 54.6 Å². The summed E-state index contributed by atoms with van der Waals surface area (Å²) in [5.74, 6) is -4.67. The number of amides is 1. The van der Waals surface area contributed by atoms with E-state index in [9.17, 15) is 13.6 Å². The van der Waals surface area contributed by atoms with Gasteiger partial charge in [-0.2, -0.15) is 5.10 Å². The van der Waals surface area contributed by atoms with E-state index >= 15 is 0 Å². The fourth-order valence-corrected chi connectivity index (χ4v) is 3.55. The molecule has 1 fully saturated rings. The Morgan fingerprint density at radius 3 is 2.80 bits per heavy atom. The molecule has 1 aliphatic carbocycles. The number of pyridine rings is 2. The number of carbonyl (C=O) groups is 1. The van der Waals surface area contributed by atoms with Crippen molar-refractivity contribution in [2.75, 3.05) is 5.32 Å². The van der Waals surface area contributed by atoms with E-state index < -0.39 is 24.2 Å². The molecule has 2 aliphatic rings. The second-order valence-corrected chi connectivity index (χ2v) is 7.56. The van der Waals surface area contributed by atoms with E-state index in [2.05, 4.69) is 36.9 Å². The molecular formula is C21H18F2N6O. The van der Waals surface area contributed by atoms with Crippen LogP contribution in [0.1, 0.15) is 30.6 Å². The molecule has 4 heterocycles. The number of nitrogens with zero attached hydrogens (tertiary/aromatic N) is 3. The van der Waals surface area contributed by atoms with Crippen LogP contribution >= 0.6 is 0 Å². The fraction of sp³-hybridized carbons (Fsp3) is 0.238. The highest BCUT2D eigenvalue weighted by molar-refractivity contribution is 5.96. The third-order valence-electron chi connectivity index (χ3n) is 5.38. The van der Waals surface area contributed by atoms with E-state index in [4.69, 9.17) is 0 Å². The van der Waals surface area contributed by atoms with E-state index in [-0.39, 0.29) is 11.9 Å². The van der Waals surface area contributed by atoms with Crippen LogP contribution in [0.2, 0.25) is 0 Å². The Bertz CT molecular complexity index is 1200. The van der Waals surface area contributed by atoms with E-state index in [1.54, 1.807) is 24.7 Å². The van der Waals surface area contributed by atoms with Crippen LogP contribution < -0.4 is 10.6 Å².